The molecule has 0 aliphatic rings. The van der Waals surface area contributed by atoms with Crippen molar-refractivity contribution in [3.05, 3.63) is 68.5 Å². The van der Waals surface area contributed by atoms with Gasteiger partial charge in [-0.3, -0.25) is 9.59 Å². The number of carbonyl (C=O) groups is 1. The third-order valence-electron chi connectivity index (χ3n) is 3.12. The molecule has 3 nitrogen and oxygen atoms in total. The van der Waals surface area contributed by atoms with Crippen molar-refractivity contribution in [3.8, 4) is 0 Å². The van der Waals surface area contributed by atoms with Crippen molar-refractivity contribution in [3.63, 3.8) is 0 Å². The molecule has 0 unspecified atom stereocenters. The Kier molecular flexibility index (Phi) is 4.90. The molecule has 4 heteroatoms. The van der Waals surface area contributed by atoms with Crippen molar-refractivity contribution in [1.29, 1.82) is 0 Å². The van der Waals surface area contributed by atoms with Crippen molar-refractivity contribution in [2.75, 3.05) is 0 Å². The van der Waals surface area contributed by atoms with Gasteiger partial charge in [-0.15, -0.1) is 0 Å². The highest BCUT2D eigenvalue weighted by molar-refractivity contribution is 9.10. The molecule has 0 bridgehead atoms. The molecule has 0 radical (unpaired) electrons. The highest BCUT2D eigenvalue weighted by Crippen LogP contribution is 2.12. The molecule has 0 N–H and O–H groups in total. The number of pyridine rings is 1. The van der Waals surface area contributed by atoms with Crippen LogP contribution in [-0.2, 0) is 6.54 Å². The van der Waals surface area contributed by atoms with Crippen LogP contribution in [0.15, 0.2) is 51.9 Å². The van der Waals surface area contributed by atoms with E-state index in [1.165, 1.54) is 0 Å². The van der Waals surface area contributed by atoms with Crippen molar-refractivity contribution in [1.82, 2.24) is 4.57 Å². The smallest absolute Gasteiger partial charge is 0.250 e. The van der Waals surface area contributed by atoms with E-state index in [-0.39, 0.29) is 11.3 Å². The lowest BCUT2D eigenvalue weighted by Crippen LogP contribution is -2.19. The molecule has 0 aliphatic carbocycles. The molecule has 2 rings (SSSR count). The Morgan fingerprint density at radius 1 is 1.20 bits per heavy atom. The summed E-state index contributed by atoms with van der Waals surface area (Å²) in [5.74, 6) is 0.109. The Hall–Kier alpha value is -1.68. The van der Waals surface area contributed by atoms with Gasteiger partial charge in [0, 0.05) is 35.3 Å². The average Bonchev–Trinajstić information content (AvgIpc) is 2.42. The molecule has 104 valence electrons. The molecule has 0 atom stereocenters. The summed E-state index contributed by atoms with van der Waals surface area (Å²) in [6.45, 7) is 2.46. The van der Waals surface area contributed by atoms with Gasteiger partial charge in [0.15, 0.2) is 5.78 Å². The fourth-order valence-electron chi connectivity index (χ4n) is 1.98. The van der Waals surface area contributed by atoms with E-state index >= 15 is 0 Å². The van der Waals surface area contributed by atoms with Gasteiger partial charge in [-0.1, -0.05) is 28.1 Å². The largest absolute Gasteiger partial charge is 0.316 e. The Labute approximate surface area is 126 Å². The summed E-state index contributed by atoms with van der Waals surface area (Å²) in [6, 6.07) is 10.8. The molecule has 2 aromatic rings. The highest BCUT2D eigenvalue weighted by atomic mass is 79.9. The monoisotopic (exact) mass is 333 g/mol. The van der Waals surface area contributed by atoms with E-state index in [2.05, 4.69) is 15.9 Å². The third kappa shape index (κ3) is 3.90. The summed E-state index contributed by atoms with van der Waals surface area (Å²) >= 11 is 3.34. The first-order valence-corrected chi connectivity index (χ1v) is 7.31. The van der Waals surface area contributed by atoms with Crippen LogP contribution in [0.1, 0.15) is 28.8 Å². The van der Waals surface area contributed by atoms with Crippen molar-refractivity contribution in [2.45, 2.75) is 26.3 Å². The van der Waals surface area contributed by atoms with E-state index in [0.29, 0.717) is 24.9 Å². The normalized spacial score (nSPS) is 10.5. The van der Waals surface area contributed by atoms with Gasteiger partial charge in [0.2, 0.25) is 0 Å². The Morgan fingerprint density at radius 3 is 2.55 bits per heavy atom. The van der Waals surface area contributed by atoms with Crippen molar-refractivity contribution in [2.24, 2.45) is 0 Å². The van der Waals surface area contributed by atoms with Crippen LogP contribution in [0.3, 0.4) is 0 Å². The second-order valence-corrected chi connectivity index (χ2v) is 5.69. The van der Waals surface area contributed by atoms with Crippen LogP contribution in [0.4, 0.5) is 0 Å². The molecule has 20 heavy (non-hydrogen) atoms. The summed E-state index contributed by atoms with van der Waals surface area (Å²) in [5, 5.41) is 0. The molecule has 0 fully saturated rings. The SMILES string of the molecule is Cc1ccn(CCCC(=O)c2ccc(Br)cc2)c(=O)c1. The number of hydrogen-bond acceptors (Lipinski definition) is 2. The molecule has 0 saturated carbocycles. The van der Waals surface area contributed by atoms with Crippen LogP contribution in [-0.4, -0.2) is 10.4 Å². The maximum Gasteiger partial charge on any atom is 0.250 e. The first-order valence-electron chi connectivity index (χ1n) is 6.52. The van der Waals surface area contributed by atoms with E-state index in [0.717, 1.165) is 10.0 Å². The lowest BCUT2D eigenvalue weighted by molar-refractivity contribution is 0.0978. The zero-order chi connectivity index (χ0) is 14.5. The quantitative estimate of drug-likeness (QED) is 0.784. The number of aromatic nitrogens is 1. The number of aryl methyl sites for hydroxylation is 2. The number of Topliss-reactive ketones (excluding diaryl/α,β-unsaturated/α-hetero) is 1. The summed E-state index contributed by atoms with van der Waals surface area (Å²) in [7, 11) is 0. The summed E-state index contributed by atoms with van der Waals surface area (Å²) in [4.78, 5) is 23.7. The van der Waals surface area contributed by atoms with Gasteiger partial charge in [0.25, 0.3) is 5.56 Å². The number of nitrogens with zero attached hydrogens (tertiary/aromatic N) is 1. The molecule has 0 aliphatic heterocycles. The zero-order valence-corrected chi connectivity index (χ0v) is 12.9. The topological polar surface area (TPSA) is 39.1 Å². The van der Waals surface area contributed by atoms with Gasteiger partial charge >= 0.3 is 0 Å². The maximum atomic E-state index is 12.0. The molecular formula is C16H16BrNO2. The molecular weight excluding hydrogens is 318 g/mol. The van der Waals surface area contributed by atoms with Crippen molar-refractivity contribution >= 4 is 21.7 Å². The van der Waals surface area contributed by atoms with Crippen LogP contribution in [0, 0.1) is 6.92 Å². The standard InChI is InChI=1S/C16H16BrNO2/c1-12-8-10-18(16(20)11-12)9-2-3-15(19)13-4-6-14(17)7-5-13/h4-8,10-11H,2-3,9H2,1H3. The fraction of sp³-hybridized carbons (Fsp3) is 0.250. The van der Waals surface area contributed by atoms with E-state index in [1.54, 1.807) is 16.8 Å². The highest BCUT2D eigenvalue weighted by Gasteiger charge is 2.05. The molecule has 1 aromatic heterocycles. The summed E-state index contributed by atoms with van der Waals surface area (Å²) in [5.41, 5.74) is 1.66. The number of ketones is 1. The Balaban J connectivity index is 1.91. The molecule has 0 saturated heterocycles. The van der Waals surface area contributed by atoms with E-state index < -0.39 is 0 Å². The van der Waals surface area contributed by atoms with Gasteiger partial charge < -0.3 is 4.57 Å². The second kappa shape index (κ2) is 6.66. The van der Waals surface area contributed by atoms with E-state index in [4.69, 9.17) is 0 Å². The lowest BCUT2D eigenvalue weighted by Gasteiger charge is -2.05. The minimum atomic E-state index is -0.0129. The van der Waals surface area contributed by atoms with Crippen LogP contribution in [0.25, 0.3) is 0 Å². The van der Waals surface area contributed by atoms with Crippen LogP contribution in [0.2, 0.25) is 0 Å². The van der Waals surface area contributed by atoms with Gasteiger partial charge in [-0.05, 0) is 37.1 Å². The number of hydrogen-bond donors (Lipinski definition) is 0. The lowest BCUT2D eigenvalue weighted by atomic mass is 10.1. The van der Waals surface area contributed by atoms with Gasteiger partial charge in [-0.25, -0.2) is 0 Å². The number of carbonyl (C=O) groups excluding carboxylic acids is 1. The van der Waals surface area contributed by atoms with Gasteiger partial charge in [0.1, 0.15) is 0 Å². The zero-order valence-electron chi connectivity index (χ0n) is 11.3. The minimum absolute atomic E-state index is 0.0129. The molecule has 0 spiro atoms. The van der Waals surface area contributed by atoms with E-state index in [9.17, 15) is 9.59 Å². The van der Waals surface area contributed by atoms with E-state index in [1.807, 2.05) is 37.3 Å². The third-order valence-corrected chi connectivity index (χ3v) is 3.65. The van der Waals surface area contributed by atoms with Crippen LogP contribution in [0.5, 0.6) is 0 Å². The second-order valence-electron chi connectivity index (χ2n) is 4.77. The maximum absolute atomic E-state index is 12.0. The van der Waals surface area contributed by atoms with Crippen molar-refractivity contribution < 1.29 is 4.79 Å². The summed E-state index contributed by atoms with van der Waals surface area (Å²) < 4.78 is 2.60. The fourth-order valence-corrected chi connectivity index (χ4v) is 2.25. The number of halogens is 1. The molecule has 1 heterocycles. The first-order chi connectivity index (χ1) is 9.56. The number of benzene rings is 1. The number of rotatable bonds is 5. The van der Waals surface area contributed by atoms with Crippen LogP contribution >= 0.6 is 15.9 Å². The average molecular weight is 334 g/mol. The predicted molar refractivity (Wildman–Crippen MR) is 83.1 cm³/mol. The van der Waals surface area contributed by atoms with Crippen LogP contribution < -0.4 is 5.56 Å². The Bertz CT molecular complexity index is 659. The van der Waals surface area contributed by atoms with Gasteiger partial charge in [-0.2, -0.15) is 0 Å². The summed E-state index contributed by atoms with van der Waals surface area (Å²) in [6.07, 6.45) is 2.89. The molecule has 0 amide bonds. The molecule has 1 aromatic carbocycles. The van der Waals surface area contributed by atoms with Gasteiger partial charge in [0.05, 0.1) is 0 Å². The predicted octanol–water partition coefficient (Wildman–Crippen LogP) is 3.58. The first kappa shape index (κ1) is 14.7. The minimum Gasteiger partial charge on any atom is -0.316 e. The Morgan fingerprint density at radius 2 is 1.90 bits per heavy atom.